The average Bonchev–Trinajstić information content (AvgIpc) is 2.17. The molecule has 0 atom stereocenters. The number of nitrogens with two attached hydrogens (primary N) is 1. The van der Waals surface area contributed by atoms with Crippen molar-refractivity contribution in [3.05, 3.63) is 30.1 Å². The summed E-state index contributed by atoms with van der Waals surface area (Å²) in [7, 11) is 0. The number of carbonyl (C=O) groups is 1. The Kier molecular flexibility index (Phi) is 2.76. The van der Waals surface area contributed by atoms with Crippen LogP contribution in [0.1, 0.15) is 17.3 Å². The van der Waals surface area contributed by atoms with E-state index in [4.69, 9.17) is 5.84 Å². The van der Waals surface area contributed by atoms with Crippen LogP contribution in [0.5, 0.6) is 0 Å². The number of carbonyl (C=O) groups excluding carboxylic acids is 1. The molecule has 2 N–H and O–H groups in total. The minimum Gasteiger partial charge on any atom is -0.277 e. The number of pyridine rings is 1. The molecule has 4 heteroatoms. The fourth-order valence-electron chi connectivity index (χ4n) is 0.804. The second-order valence-corrected chi connectivity index (χ2v) is 2.33. The fourth-order valence-corrected chi connectivity index (χ4v) is 0.804. The van der Waals surface area contributed by atoms with E-state index >= 15 is 0 Å². The van der Waals surface area contributed by atoms with E-state index in [9.17, 15) is 4.79 Å². The zero-order chi connectivity index (χ0) is 8.97. The molecule has 64 valence electrons. The Morgan fingerprint density at radius 1 is 1.58 bits per heavy atom. The van der Waals surface area contributed by atoms with E-state index in [-0.39, 0.29) is 5.91 Å². The van der Waals surface area contributed by atoms with Crippen LogP contribution in [-0.2, 0) is 0 Å². The number of amides is 1. The van der Waals surface area contributed by atoms with Gasteiger partial charge in [-0.25, -0.2) is 5.84 Å². The van der Waals surface area contributed by atoms with Crippen LogP contribution in [-0.4, -0.2) is 22.4 Å². The summed E-state index contributed by atoms with van der Waals surface area (Å²) < 4.78 is 0. The largest absolute Gasteiger partial charge is 0.277 e. The van der Waals surface area contributed by atoms with Crippen molar-refractivity contribution in [2.24, 2.45) is 5.84 Å². The van der Waals surface area contributed by atoms with Gasteiger partial charge in [0, 0.05) is 24.5 Å². The van der Waals surface area contributed by atoms with Gasteiger partial charge in [0.25, 0.3) is 5.91 Å². The molecule has 0 spiro atoms. The molecule has 0 radical (unpaired) electrons. The third-order valence-electron chi connectivity index (χ3n) is 1.53. The number of hydrogen-bond donors (Lipinski definition) is 1. The number of rotatable bonds is 2. The van der Waals surface area contributed by atoms with Gasteiger partial charge >= 0.3 is 0 Å². The van der Waals surface area contributed by atoms with Gasteiger partial charge in [0.15, 0.2) is 0 Å². The van der Waals surface area contributed by atoms with Crippen molar-refractivity contribution in [3.63, 3.8) is 0 Å². The number of aromatic nitrogens is 1. The highest BCUT2D eigenvalue weighted by Gasteiger charge is 2.08. The molecule has 0 unspecified atom stereocenters. The van der Waals surface area contributed by atoms with Crippen molar-refractivity contribution in [2.45, 2.75) is 6.92 Å². The summed E-state index contributed by atoms with van der Waals surface area (Å²) in [5.41, 5.74) is 0.564. The minimum absolute atomic E-state index is 0.181. The Bertz CT molecular complexity index is 260. The number of hydrogen-bond acceptors (Lipinski definition) is 3. The summed E-state index contributed by atoms with van der Waals surface area (Å²) in [4.78, 5) is 15.2. The predicted octanol–water partition coefficient (Wildman–Crippen LogP) is 0.417. The van der Waals surface area contributed by atoms with Crippen molar-refractivity contribution in [2.75, 3.05) is 6.54 Å². The Hall–Kier alpha value is -1.42. The van der Waals surface area contributed by atoms with Gasteiger partial charge in [-0.2, -0.15) is 0 Å². The third-order valence-corrected chi connectivity index (χ3v) is 1.53. The van der Waals surface area contributed by atoms with Crippen molar-refractivity contribution >= 4 is 5.91 Å². The SMILES string of the molecule is CCN(N)C(=O)c1ccncc1. The molecule has 0 aromatic carbocycles. The Labute approximate surface area is 71.0 Å². The topological polar surface area (TPSA) is 59.2 Å². The maximum Gasteiger partial charge on any atom is 0.267 e. The first-order valence-corrected chi connectivity index (χ1v) is 3.72. The molecule has 1 amide bonds. The van der Waals surface area contributed by atoms with Crippen LogP contribution in [0.25, 0.3) is 0 Å². The van der Waals surface area contributed by atoms with Crippen molar-refractivity contribution in [1.82, 2.24) is 9.99 Å². The maximum atomic E-state index is 11.3. The van der Waals surface area contributed by atoms with Gasteiger partial charge in [-0.3, -0.25) is 14.8 Å². The highest BCUT2D eigenvalue weighted by Crippen LogP contribution is 1.98. The van der Waals surface area contributed by atoms with Crippen LogP contribution in [0.3, 0.4) is 0 Å². The lowest BCUT2D eigenvalue weighted by Gasteiger charge is -2.12. The molecule has 1 aromatic heterocycles. The van der Waals surface area contributed by atoms with Crippen molar-refractivity contribution < 1.29 is 4.79 Å². The zero-order valence-electron chi connectivity index (χ0n) is 6.90. The number of hydrazine groups is 1. The molecular formula is C8H11N3O. The zero-order valence-corrected chi connectivity index (χ0v) is 6.90. The van der Waals surface area contributed by atoms with Crippen LogP contribution in [0, 0.1) is 0 Å². The second kappa shape index (κ2) is 3.82. The first kappa shape index (κ1) is 8.67. The van der Waals surface area contributed by atoms with Crippen LogP contribution >= 0.6 is 0 Å². The third kappa shape index (κ3) is 1.79. The minimum atomic E-state index is -0.181. The summed E-state index contributed by atoms with van der Waals surface area (Å²) in [6.07, 6.45) is 3.13. The highest BCUT2D eigenvalue weighted by molar-refractivity contribution is 5.93. The Morgan fingerprint density at radius 2 is 2.17 bits per heavy atom. The lowest BCUT2D eigenvalue weighted by Crippen LogP contribution is -2.36. The summed E-state index contributed by atoms with van der Waals surface area (Å²) in [6, 6.07) is 3.27. The highest BCUT2D eigenvalue weighted by atomic mass is 16.2. The molecular weight excluding hydrogens is 154 g/mol. The summed E-state index contributed by atoms with van der Waals surface area (Å²) in [6.45, 7) is 2.32. The van der Waals surface area contributed by atoms with Gasteiger partial charge < -0.3 is 0 Å². The van der Waals surface area contributed by atoms with Gasteiger partial charge in [0.1, 0.15) is 0 Å². The van der Waals surface area contributed by atoms with Crippen molar-refractivity contribution in [3.8, 4) is 0 Å². The van der Waals surface area contributed by atoms with E-state index in [0.29, 0.717) is 12.1 Å². The normalized spacial score (nSPS) is 9.50. The van der Waals surface area contributed by atoms with E-state index in [1.54, 1.807) is 24.5 Å². The van der Waals surface area contributed by atoms with E-state index in [2.05, 4.69) is 4.98 Å². The van der Waals surface area contributed by atoms with E-state index in [0.717, 1.165) is 5.01 Å². The molecule has 1 rings (SSSR count). The summed E-state index contributed by atoms with van der Waals surface area (Å²) in [5, 5.41) is 1.16. The quantitative estimate of drug-likeness (QED) is 0.392. The summed E-state index contributed by atoms with van der Waals surface area (Å²) >= 11 is 0. The maximum absolute atomic E-state index is 11.3. The fraction of sp³-hybridized carbons (Fsp3) is 0.250. The van der Waals surface area contributed by atoms with E-state index in [1.165, 1.54) is 0 Å². The molecule has 4 nitrogen and oxygen atoms in total. The van der Waals surface area contributed by atoms with Crippen LogP contribution in [0.2, 0.25) is 0 Å². The molecule has 0 aliphatic rings. The Balaban J connectivity index is 2.79. The molecule has 1 heterocycles. The molecule has 0 bridgehead atoms. The van der Waals surface area contributed by atoms with Gasteiger partial charge in [0.2, 0.25) is 0 Å². The molecule has 0 aliphatic carbocycles. The van der Waals surface area contributed by atoms with Gasteiger partial charge in [-0.15, -0.1) is 0 Å². The standard InChI is InChI=1S/C8H11N3O/c1-2-11(9)8(12)7-3-5-10-6-4-7/h3-6H,2,9H2,1H3. The molecule has 1 aromatic rings. The second-order valence-electron chi connectivity index (χ2n) is 2.33. The lowest BCUT2D eigenvalue weighted by atomic mass is 10.2. The lowest BCUT2D eigenvalue weighted by molar-refractivity contribution is 0.0764. The van der Waals surface area contributed by atoms with Gasteiger partial charge in [0.05, 0.1) is 0 Å². The monoisotopic (exact) mass is 165 g/mol. The van der Waals surface area contributed by atoms with Crippen LogP contribution < -0.4 is 5.84 Å². The van der Waals surface area contributed by atoms with E-state index < -0.39 is 0 Å². The first-order valence-electron chi connectivity index (χ1n) is 3.72. The summed E-state index contributed by atoms with van der Waals surface area (Å²) in [5.74, 6) is 5.23. The Morgan fingerprint density at radius 3 is 2.67 bits per heavy atom. The number of nitrogens with zero attached hydrogens (tertiary/aromatic N) is 2. The van der Waals surface area contributed by atoms with Gasteiger partial charge in [-0.05, 0) is 19.1 Å². The first-order chi connectivity index (χ1) is 5.75. The molecule has 12 heavy (non-hydrogen) atoms. The average molecular weight is 165 g/mol. The van der Waals surface area contributed by atoms with E-state index in [1.807, 2.05) is 6.92 Å². The molecule has 0 fully saturated rings. The smallest absolute Gasteiger partial charge is 0.267 e. The van der Waals surface area contributed by atoms with Crippen LogP contribution in [0.4, 0.5) is 0 Å². The van der Waals surface area contributed by atoms with Gasteiger partial charge in [-0.1, -0.05) is 0 Å². The molecule has 0 aliphatic heterocycles. The molecule has 0 saturated heterocycles. The van der Waals surface area contributed by atoms with Crippen molar-refractivity contribution in [1.29, 1.82) is 0 Å². The predicted molar refractivity (Wildman–Crippen MR) is 45.1 cm³/mol. The van der Waals surface area contributed by atoms with Crippen LogP contribution in [0.15, 0.2) is 24.5 Å². The molecule has 0 saturated carbocycles.